The number of aliphatic hydroxyl groups excluding tert-OH is 1. The SMILES string of the molecule is CC(C)[C@H](C)/C=C/[C@H](C)[C@H]1CC[C@H]2C3=C(CC[C@]12C)[C@@]1(C)CC[C@H](O)CC1=CC3=O. The number of allylic oxidation sites excluding steroid dienone is 5. The van der Waals surface area contributed by atoms with Gasteiger partial charge in [0.1, 0.15) is 0 Å². The quantitative estimate of drug-likeness (QED) is 0.527. The number of carbonyl (C=O) groups excluding carboxylic acids is 1. The molecule has 30 heavy (non-hydrogen) atoms. The fraction of sp³-hybridized carbons (Fsp3) is 0.750. The molecule has 0 bridgehead atoms. The van der Waals surface area contributed by atoms with Crippen molar-refractivity contribution >= 4 is 5.78 Å². The molecule has 1 N–H and O–H groups in total. The van der Waals surface area contributed by atoms with Crippen molar-refractivity contribution in [2.45, 2.75) is 92.6 Å². The summed E-state index contributed by atoms with van der Waals surface area (Å²) in [5, 5.41) is 10.2. The average Bonchev–Trinajstić information content (AvgIpc) is 3.04. The Bertz CT molecular complexity index is 799. The van der Waals surface area contributed by atoms with Crippen LogP contribution in [0, 0.1) is 40.4 Å². The van der Waals surface area contributed by atoms with Crippen molar-refractivity contribution in [2.75, 3.05) is 0 Å². The molecule has 0 amide bonds. The molecule has 4 rings (SSSR count). The maximum atomic E-state index is 13.4. The van der Waals surface area contributed by atoms with Crippen LogP contribution in [0.4, 0.5) is 0 Å². The standard InChI is InChI=1S/C28H42O2/c1-17(2)18(3)7-8-19(4)22-9-10-23-26-24(12-14-28(22,23)6)27(5)13-11-21(29)15-20(27)16-25(26)30/h7-8,16-19,21-23,29H,9-15H2,1-6H3/b8-7+/t18-,19+,21+,22-,23+,27+,28-/m1/s1. The molecular formula is C28H42O2. The van der Waals surface area contributed by atoms with Crippen molar-refractivity contribution in [3.8, 4) is 0 Å². The third kappa shape index (κ3) is 3.38. The molecule has 4 aliphatic rings. The first-order valence-electron chi connectivity index (χ1n) is 12.4. The lowest BCUT2D eigenvalue weighted by Crippen LogP contribution is -2.44. The molecule has 0 aliphatic heterocycles. The molecule has 0 spiro atoms. The highest BCUT2D eigenvalue weighted by molar-refractivity contribution is 6.07. The Morgan fingerprint density at radius 3 is 2.50 bits per heavy atom. The van der Waals surface area contributed by atoms with Gasteiger partial charge in [0.25, 0.3) is 0 Å². The molecule has 0 aromatic heterocycles. The Morgan fingerprint density at radius 2 is 1.80 bits per heavy atom. The maximum absolute atomic E-state index is 13.4. The number of carbonyl (C=O) groups is 1. The van der Waals surface area contributed by atoms with Gasteiger partial charge in [-0.1, -0.05) is 64.8 Å². The van der Waals surface area contributed by atoms with Crippen LogP contribution in [0.5, 0.6) is 0 Å². The van der Waals surface area contributed by atoms with Crippen LogP contribution in [0.15, 0.2) is 34.9 Å². The Balaban J connectivity index is 1.62. The van der Waals surface area contributed by atoms with E-state index in [9.17, 15) is 9.90 Å². The number of hydrogen-bond acceptors (Lipinski definition) is 2. The number of hydrogen-bond donors (Lipinski definition) is 1. The summed E-state index contributed by atoms with van der Waals surface area (Å²) in [5.74, 6) is 3.19. The minimum atomic E-state index is -0.273. The van der Waals surface area contributed by atoms with Crippen LogP contribution < -0.4 is 0 Å². The molecule has 0 saturated heterocycles. The molecule has 2 fully saturated rings. The topological polar surface area (TPSA) is 37.3 Å². The Morgan fingerprint density at radius 1 is 1.07 bits per heavy atom. The molecule has 2 nitrogen and oxygen atoms in total. The Kier molecular flexibility index (Phi) is 5.71. The van der Waals surface area contributed by atoms with Gasteiger partial charge in [0.15, 0.2) is 5.78 Å². The van der Waals surface area contributed by atoms with Gasteiger partial charge in [0.2, 0.25) is 0 Å². The van der Waals surface area contributed by atoms with Gasteiger partial charge >= 0.3 is 0 Å². The van der Waals surface area contributed by atoms with Crippen LogP contribution >= 0.6 is 0 Å². The van der Waals surface area contributed by atoms with E-state index in [2.05, 4.69) is 53.7 Å². The fourth-order valence-electron chi connectivity index (χ4n) is 7.30. The van der Waals surface area contributed by atoms with Crippen molar-refractivity contribution in [1.29, 1.82) is 0 Å². The van der Waals surface area contributed by atoms with E-state index in [0.717, 1.165) is 25.7 Å². The van der Waals surface area contributed by atoms with Crippen LogP contribution in [0.3, 0.4) is 0 Å². The maximum Gasteiger partial charge on any atom is 0.182 e. The normalized spacial score (nSPS) is 40.9. The highest BCUT2D eigenvalue weighted by atomic mass is 16.3. The first-order valence-corrected chi connectivity index (χ1v) is 12.4. The lowest BCUT2D eigenvalue weighted by molar-refractivity contribution is -0.113. The molecule has 0 aromatic carbocycles. The van der Waals surface area contributed by atoms with Gasteiger partial charge in [-0.2, -0.15) is 0 Å². The molecule has 166 valence electrons. The van der Waals surface area contributed by atoms with E-state index < -0.39 is 0 Å². The third-order valence-corrected chi connectivity index (χ3v) is 9.78. The minimum absolute atomic E-state index is 0.0140. The van der Waals surface area contributed by atoms with Crippen molar-refractivity contribution in [1.82, 2.24) is 0 Å². The summed E-state index contributed by atoms with van der Waals surface area (Å²) in [6.07, 6.45) is 13.7. The smallest absolute Gasteiger partial charge is 0.182 e. The molecule has 0 radical (unpaired) electrons. The van der Waals surface area contributed by atoms with Gasteiger partial charge in [-0.25, -0.2) is 0 Å². The van der Waals surface area contributed by atoms with Gasteiger partial charge in [0, 0.05) is 11.0 Å². The first kappa shape index (κ1) is 22.1. The summed E-state index contributed by atoms with van der Waals surface area (Å²) < 4.78 is 0. The zero-order valence-corrected chi connectivity index (χ0v) is 20.0. The van der Waals surface area contributed by atoms with Gasteiger partial charge < -0.3 is 5.11 Å². The predicted molar refractivity (Wildman–Crippen MR) is 124 cm³/mol. The largest absolute Gasteiger partial charge is 0.393 e. The van der Waals surface area contributed by atoms with E-state index in [1.807, 2.05) is 6.08 Å². The molecular weight excluding hydrogens is 368 g/mol. The number of fused-ring (bicyclic) bond motifs is 4. The van der Waals surface area contributed by atoms with E-state index in [-0.39, 0.29) is 22.7 Å². The van der Waals surface area contributed by atoms with Crippen molar-refractivity contribution in [2.24, 2.45) is 40.4 Å². The van der Waals surface area contributed by atoms with Crippen LogP contribution in [0.2, 0.25) is 0 Å². The molecule has 0 aromatic rings. The highest BCUT2D eigenvalue weighted by Crippen LogP contribution is 2.64. The van der Waals surface area contributed by atoms with E-state index in [0.29, 0.717) is 36.0 Å². The predicted octanol–water partition coefficient (Wildman–Crippen LogP) is 6.65. The van der Waals surface area contributed by atoms with Crippen molar-refractivity contribution in [3.63, 3.8) is 0 Å². The zero-order chi connectivity index (χ0) is 21.8. The average molecular weight is 411 g/mol. The molecule has 2 heteroatoms. The van der Waals surface area contributed by atoms with Crippen molar-refractivity contribution in [3.05, 3.63) is 34.9 Å². The molecule has 0 heterocycles. The summed E-state index contributed by atoms with van der Waals surface area (Å²) in [6, 6.07) is 0. The lowest BCUT2D eigenvalue weighted by Gasteiger charge is -2.51. The molecule has 2 saturated carbocycles. The number of aliphatic hydroxyl groups is 1. The van der Waals surface area contributed by atoms with Crippen LogP contribution in [0.1, 0.15) is 86.5 Å². The van der Waals surface area contributed by atoms with Crippen LogP contribution in [-0.4, -0.2) is 17.0 Å². The van der Waals surface area contributed by atoms with E-state index >= 15 is 0 Å². The minimum Gasteiger partial charge on any atom is -0.393 e. The summed E-state index contributed by atoms with van der Waals surface area (Å²) in [5.41, 5.74) is 4.06. The Labute approximate surface area is 183 Å². The highest BCUT2D eigenvalue weighted by Gasteiger charge is 2.56. The molecule has 0 unspecified atom stereocenters. The van der Waals surface area contributed by atoms with Gasteiger partial charge in [-0.15, -0.1) is 0 Å². The van der Waals surface area contributed by atoms with E-state index in [1.54, 1.807) is 0 Å². The number of ketones is 1. The first-order chi connectivity index (χ1) is 14.1. The Hall–Kier alpha value is -1.15. The van der Waals surface area contributed by atoms with E-state index in [4.69, 9.17) is 0 Å². The van der Waals surface area contributed by atoms with Crippen LogP contribution in [0.25, 0.3) is 0 Å². The summed E-state index contributed by atoms with van der Waals surface area (Å²) >= 11 is 0. The monoisotopic (exact) mass is 410 g/mol. The summed E-state index contributed by atoms with van der Waals surface area (Å²) in [7, 11) is 0. The molecule has 4 aliphatic carbocycles. The zero-order valence-electron chi connectivity index (χ0n) is 20.0. The second-order valence-corrected chi connectivity index (χ2v) is 11.7. The third-order valence-electron chi connectivity index (χ3n) is 9.78. The van der Waals surface area contributed by atoms with Gasteiger partial charge in [-0.3, -0.25) is 4.79 Å². The summed E-state index contributed by atoms with van der Waals surface area (Å²) in [6.45, 7) is 14.1. The van der Waals surface area contributed by atoms with Gasteiger partial charge in [0.05, 0.1) is 6.10 Å². The molecule has 7 atom stereocenters. The van der Waals surface area contributed by atoms with Gasteiger partial charge in [-0.05, 0) is 86.0 Å². The number of rotatable bonds is 4. The van der Waals surface area contributed by atoms with E-state index in [1.165, 1.54) is 29.6 Å². The second kappa shape index (κ2) is 7.76. The van der Waals surface area contributed by atoms with Crippen LogP contribution in [-0.2, 0) is 4.79 Å². The second-order valence-electron chi connectivity index (χ2n) is 11.7. The lowest BCUT2D eigenvalue weighted by atomic mass is 9.53. The summed E-state index contributed by atoms with van der Waals surface area (Å²) in [4.78, 5) is 13.4. The van der Waals surface area contributed by atoms with Crippen molar-refractivity contribution < 1.29 is 9.90 Å². The fourth-order valence-corrected chi connectivity index (χ4v) is 7.30.